The van der Waals surface area contributed by atoms with Gasteiger partial charge in [0.05, 0.1) is 31.7 Å². The second-order valence-corrected chi connectivity index (χ2v) is 14.1. The van der Waals surface area contributed by atoms with Crippen molar-refractivity contribution in [3.05, 3.63) is 51.4 Å². The van der Waals surface area contributed by atoms with Crippen LogP contribution in [-0.4, -0.2) is 61.8 Å². The molecule has 0 amide bonds. The molecule has 10 nitrogen and oxygen atoms in total. The van der Waals surface area contributed by atoms with Crippen LogP contribution in [0.3, 0.4) is 0 Å². The second kappa shape index (κ2) is 10.1. The van der Waals surface area contributed by atoms with E-state index < -0.39 is 10.0 Å². The Morgan fingerprint density at radius 3 is 2.43 bits per heavy atom. The quantitative estimate of drug-likeness (QED) is 0.358. The molecule has 2 aliphatic heterocycles. The number of aromatic nitrogens is 4. The molecule has 0 spiro atoms. The van der Waals surface area contributed by atoms with E-state index in [1.807, 2.05) is 0 Å². The highest BCUT2D eigenvalue weighted by Gasteiger charge is 2.29. The Bertz CT molecular complexity index is 1870. The number of anilines is 2. The monoisotopic (exact) mass is 590 g/mol. The van der Waals surface area contributed by atoms with Crippen molar-refractivity contribution in [2.75, 3.05) is 43.2 Å². The van der Waals surface area contributed by atoms with E-state index in [4.69, 9.17) is 14.6 Å². The van der Waals surface area contributed by atoms with E-state index in [9.17, 15) is 8.42 Å². The lowest BCUT2D eigenvalue weighted by atomic mass is 9.85. The Hall–Kier alpha value is -3.86. The Labute approximate surface area is 246 Å². The maximum atomic E-state index is 12.3. The number of rotatable bonds is 6. The molecule has 0 radical (unpaired) electrons. The van der Waals surface area contributed by atoms with Gasteiger partial charge in [0.25, 0.3) is 0 Å². The van der Waals surface area contributed by atoms with Crippen molar-refractivity contribution in [2.24, 2.45) is 0 Å². The molecule has 2 aromatic heterocycles. The topological polar surface area (TPSA) is 111 Å². The van der Waals surface area contributed by atoms with Crippen LogP contribution in [0.2, 0.25) is 0 Å². The SMILES string of the molecule is COc1cc(OC)c(NS(C)(=O)=O)c(-c2nnc3/c(=C\c4cc5c6c(c4C)CCCN6CCC5)c(C(C)(C)C)nn23)c1. The van der Waals surface area contributed by atoms with Crippen LogP contribution in [0.5, 0.6) is 11.5 Å². The first-order valence-corrected chi connectivity index (χ1v) is 16.2. The summed E-state index contributed by atoms with van der Waals surface area (Å²) in [6.07, 6.45) is 7.83. The van der Waals surface area contributed by atoms with Gasteiger partial charge in [0.15, 0.2) is 11.5 Å². The molecule has 0 saturated carbocycles. The normalized spacial score (nSPS) is 15.7. The summed E-state index contributed by atoms with van der Waals surface area (Å²) in [6, 6.07) is 5.69. The minimum atomic E-state index is -3.64. The predicted molar refractivity (Wildman–Crippen MR) is 165 cm³/mol. The molecule has 4 heterocycles. The number of nitrogens with zero attached hydrogens (tertiary/aromatic N) is 5. The molecule has 6 rings (SSSR count). The predicted octanol–water partition coefficient (Wildman–Crippen LogP) is 4.03. The van der Waals surface area contributed by atoms with Crippen molar-refractivity contribution in [3.63, 3.8) is 0 Å². The van der Waals surface area contributed by atoms with Crippen LogP contribution >= 0.6 is 0 Å². The van der Waals surface area contributed by atoms with Crippen LogP contribution in [0.4, 0.5) is 11.4 Å². The maximum Gasteiger partial charge on any atom is 0.229 e. The standard InChI is InChI=1S/C31H38N6O4S/c1-18-20(14-19-10-8-12-36-13-9-11-22(18)27(19)36)15-24-28(31(2,3)4)34-37-29(32-33-30(24)37)23-16-21(40-5)17-25(41-6)26(23)35-42(7,38)39/h14-17,35H,8-13H2,1-7H3/b24-15-. The molecular weight excluding hydrogens is 552 g/mol. The number of aryl methyl sites for hydroxylation is 1. The highest BCUT2D eigenvalue weighted by Crippen LogP contribution is 2.41. The highest BCUT2D eigenvalue weighted by atomic mass is 32.2. The fraction of sp³-hybridized carbons (Fsp3) is 0.452. The molecule has 0 atom stereocenters. The number of benzene rings is 2. The van der Waals surface area contributed by atoms with Gasteiger partial charge in [-0.2, -0.15) is 9.61 Å². The van der Waals surface area contributed by atoms with Crippen molar-refractivity contribution >= 4 is 33.1 Å². The molecule has 42 heavy (non-hydrogen) atoms. The molecule has 0 saturated heterocycles. The number of fused-ring (bicyclic) bond motifs is 1. The van der Waals surface area contributed by atoms with Crippen LogP contribution in [0.15, 0.2) is 18.2 Å². The lowest BCUT2D eigenvalue weighted by Gasteiger charge is -2.38. The number of sulfonamides is 1. The van der Waals surface area contributed by atoms with Gasteiger partial charge in [-0.25, -0.2) is 8.42 Å². The van der Waals surface area contributed by atoms with Gasteiger partial charge in [0.2, 0.25) is 10.0 Å². The first kappa shape index (κ1) is 28.3. The molecule has 2 aliphatic rings. The van der Waals surface area contributed by atoms with Gasteiger partial charge < -0.3 is 14.4 Å². The van der Waals surface area contributed by atoms with Crippen LogP contribution in [-0.2, 0) is 28.3 Å². The highest BCUT2D eigenvalue weighted by molar-refractivity contribution is 7.92. The van der Waals surface area contributed by atoms with Gasteiger partial charge in [0.1, 0.15) is 17.2 Å². The molecule has 0 fully saturated rings. The fourth-order valence-electron chi connectivity index (χ4n) is 6.34. The zero-order valence-corrected chi connectivity index (χ0v) is 26.1. The summed E-state index contributed by atoms with van der Waals surface area (Å²) < 4.78 is 40.0. The summed E-state index contributed by atoms with van der Waals surface area (Å²) >= 11 is 0. The zero-order valence-electron chi connectivity index (χ0n) is 25.3. The number of nitrogens with one attached hydrogen (secondary N) is 1. The van der Waals surface area contributed by atoms with E-state index in [0.717, 1.165) is 43.1 Å². The van der Waals surface area contributed by atoms with Crippen molar-refractivity contribution in [1.82, 2.24) is 19.8 Å². The van der Waals surface area contributed by atoms with Gasteiger partial charge in [-0.05, 0) is 73.1 Å². The number of hydrogen-bond acceptors (Lipinski definition) is 8. The number of methoxy groups -OCH3 is 2. The van der Waals surface area contributed by atoms with Crippen LogP contribution in [0, 0.1) is 6.92 Å². The average Bonchev–Trinajstić information content (AvgIpc) is 3.51. The van der Waals surface area contributed by atoms with Crippen LogP contribution in [0.1, 0.15) is 61.6 Å². The summed E-state index contributed by atoms with van der Waals surface area (Å²) in [7, 11) is -0.621. The Morgan fingerprint density at radius 2 is 1.76 bits per heavy atom. The van der Waals surface area contributed by atoms with Gasteiger partial charge in [0, 0.05) is 35.5 Å². The van der Waals surface area contributed by atoms with Gasteiger partial charge in [-0.15, -0.1) is 10.2 Å². The molecule has 222 valence electrons. The lowest BCUT2D eigenvalue weighted by Crippen LogP contribution is -2.35. The Morgan fingerprint density at radius 1 is 1.02 bits per heavy atom. The summed E-state index contributed by atoms with van der Waals surface area (Å²) in [4.78, 5) is 2.56. The molecule has 1 N–H and O–H groups in total. The molecule has 0 bridgehead atoms. The van der Waals surface area contributed by atoms with Crippen molar-refractivity contribution in [3.8, 4) is 22.9 Å². The average molecular weight is 591 g/mol. The first-order chi connectivity index (χ1) is 19.9. The van der Waals surface area contributed by atoms with Crippen molar-refractivity contribution in [2.45, 2.75) is 58.8 Å². The fourth-order valence-corrected chi connectivity index (χ4v) is 6.92. The van der Waals surface area contributed by atoms with Crippen molar-refractivity contribution < 1.29 is 17.9 Å². The third kappa shape index (κ3) is 4.83. The van der Waals surface area contributed by atoms with E-state index in [0.29, 0.717) is 28.5 Å². The molecular formula is C31H38N6O4S. The summed E-state index contributed by atoms with van der Waals surface area (Å²) in [5, 5.41) is 15.1. The molecule has 0 aliphatic carbocycles. The summed E-state index contributed by atoms with van der Waals surface area (Å²) in [5.74, 6) is 1.17. The zero-order chi connectivity index (χ0) is 30.0. The first-order valence-electron chi connectivity index (χ1n) is 14.3. The van der Waals surface area contributed by atoms with E-state index in [1.54, 1.807) is 23.8 Å². The van der Waals surface area contributed by atoms with E-state index in [-0.39, 0.29) is 11.1 Å². The third-order valence-corrected chi connectivity index (χ3v) is 8.83. The molecule has 11 heteroatoms. The lowest BCUT2D eigenvalue weighted by molar-refractivity contribution is 0.396. The van der Waals surface area contributed by atoms with Gasteiger partial charge in [-0.1, -0.05) is 20.8 Å². The van der Waals surface area contributed by atoms with E-state index in [1.165, 1.54) is 47.9 Å². The second-order valence-electron chi connectivity index (χ2n) is 12.3. The molecule has 2 aromatic carbocycles. The molecule has 0 unspecified atom stereocenters. The van der Waals surface area contributed by atoms with E-state index >= 15 is 0 Å². The summed E-state index contributed by atoms with van der Waals surface area (Å²) in [6.45, 7) is 10.9. The maximum absolute atomic E-state index is 12.3. The minimum absolute atomic E-state index is 0.245. The largest absolute Gasteiger partial charge is 0.497 e. The number of hydrogen-bond donors (Lipinski definition) is 1. The summed E-state index contributed by atoms with van der Waals surface area (Å²) in [5.41, 5.74) is 8.70. The minimum Gasteiger partial charge on any atom is -0.497 e. The molecule has 4 aromatic rings. The van der Waals surface area contributed by atoms with Crippen LogP contribution < -0.4 is 24.3 Å². The van der Waals surface area contributed by atoms with Gasteiger partial charge >= 0.3 is 0 Å². The van der Waals surface area contributed by atoms with E-state index in [2.05, 4.69) is 59.7 Å². The Balaban J connectivity index is 1.61. The third-order valence-electron chi connectivity index (χ3n) is 8.26. The smallest absolute Gasteiger partial charge is 0.229 e. The van der Waals surface area contributed by atoms with Crippen LogP contribution in [0.25, 0.3) is 23.1 Å². The van der Waals surface area contributed by atoms with Gasteiger partial charge in [-0.3, -0.25) is 4.72 Å². The number of ether oxygens (including phenoxy) is 2. The van der Waals surface area contributed by atoms with Crippen molar-refractivity contribution in [1.29, 1.82) is 0 Å². The Kier molecular flexibility index (Phi) is 6.83.